The lowest BCUT2D eigenvalue weighted by Crippen LogP contribution is -2.48. The number of hydrogen-bond donors (Lipinski definition) is 3. The minimum atomic E-state index is -1.99. The lowest BCUT2D eigenvalue weighted by Gasteiger charge is -2.24. The second-order valence-electron chi connectivity index (χ2n) is 5.57. The molecule has 0 saturated heterocycles. The van der Waals surface area contributed by atoms with Gasteiger partial charge in [0.25, 0.3) is 0 Å². The van der Waals surface area contributed by atoms with Crippen molar-refractivity contribution in [3.8, 4) is 0 Å². The van der Waals surface area contributed by atoms with Crippen LogP contribution in [-0.2, 0) is 9.59 Å². The molecule has 116 valence electrons. The van der Waals surface area contributed by atoms with Crippen LogP contribution < -0.4 is 5.32 Å². The van der Waals surface area contributed by atoms with Gasteiger partial charge in [0.2, 0.25) is 5.91 Å². The predicted octanol–water partition coefficient (Wildman–Crippen LogP) is 2.03. The second-order valence-corrected chi connectivity index (χ2v) is 6.01. The van der Waals surface area contributed by atoms with E-state index in [0.29, 0.717) is 5.02 Å². The third kappa shape index (κ3) is 4.72. The fourth-order valence-corrected chi connectivity index (χ4v) is 2.18. The maximum Gasteiger partial charge on any atom is 0.337 e. The highest BCUT2D eigenvalue weighted by molar-refractivity contribution is 6.30. The molecule has 0 aliphatic carbocycles. The van der Waals surface area contributed by atoms with E-state index in [-0.39, 0.29) is 18.4 Å². The average molecular weight is 314 g/mol. The van der Waals surface area contributed by atoms with E-state index in [9.17, 15) is 14.7 Å². The third-order valence-corrected chi connectivity index (χ3v) is 3.46. The fourth-order valence-electron chi connectivity index (χ4n) is 1.98. The molecule has 1 rings (SSSR count). The maximum atomic E-state index is 12.3. The molecule has 0 aliphatic heterocycles. The first-order chi connectivity index (χ1) is 9.65. The molecule has 3 N–H and O–H groups in total. The zero-order chi connectivity index (χ0) is 16.2. The highest BCUT2D eigenvalue weighted by Gasteiger charge is 2.32. The molecule has 0 fully saturated rings. The summed E-state index contributed by atoms with van der Waals surface area (Å²) in [4.78, 5) is 23.1. The van der Waals surface area contributed by atoms with E-state index in [4.69, 9.17) is 16.7 Å². The predicted molar refractivity (Wildman–Crippen MR) is 80.3 cm³/mol. The van der Waals surface area contributed by atoms with Gasteiger partial charge < -0.3 is 15.5 Å². The summed E-state index contributed by atoms with van der Waals surface area (Å²) in [5, 5.41) is 21.5. The normalized spacial score (nSPS) is 15.3. The van der Waals surface area contributed by atoms with Crippen LogP contribution in [0.2, 0.25) is 5.02 Å². The van der Waals surface area contributed by atoms with Crippen molar-refractivity contribution in [2.75, 3.05) is 6.54 Å². The van der Waals surface area contributed by atoms with Gasteiger partial charge in [0.1, 0.15) is 0 Å². The monoisotopic (exact) mass is 313 g/mol. The van der Waals surface area contributed by atoms with Gasteiger partial charge in [-0.15, -0.1) is 0 Å². The van der Waals surface area contributed by atoms with Crippen LogP contribution >= 0.6 is 11.6 Å². The van der Waals surface area contributed by atoms with Crippen LogP contribution in [0.3, 0.4) is 0 Å². The number of aliphatic hydroxyl groups is 1. The van der Waals surface area contributed by atoms with Gasteiger partial charge in [-0.25, -0.2) is 4.79 Å². The van der Waals surface area contributed by atoms with Gasteiger partial charge in [-0.1, -0.05) is 37.6 Å². The zero-order valence-corrected chi connectivity index (χ0v) is 13.0. The van der Waals surface area contributed by atoms with Gasteiger partial charge in [0, 0.05) is 5.02 Å². The summed E-state index contributed by atoms with van der Waals surface area (Å²) < 4.78 is 0. The van der Waals surface area contributed by atoms with Crippen LogP contribution in [0.25, 0.3) is 0 Å². The van der Waals surface area contributed by atoms with E-state index < -0.39 is 17.5 Å². The van der Waals surface area contributed by atoms with Crippen LogP contribution in [0.1, 0.15) is 32.3 Å². The molecule has 21 heavy (non-hydrogen) atoms. The van der Waals surface area contributed by atoms with E-state index in [0.717, 1.165) is 12.5 Å². The average Bonchev–Trinajstić information content (AvgIpc) is 2.36. The Labute approximate surface area is 128 Å². The number of carbonyl (C=O) groups is 2. The summed E-state index contributed by atoms with van der Waals surface area (Å²) in [5.74, 6) is -2.19. The van der Waals surface area contributed by atoms with Crippen molar-refractivity contribution in [1.82, 2.24) is 5.32 Å². The zero-order valence-electron chi connectivity index (χ0n) is 12.3. The van der Waals surface area contributed by atoms with Gasteiger partial charge in [0.05, 0.1) is 12.5 Å². The fraction of sp³-hybridized carbons (Fsp3) is 0.467. The minimum absolute atomic E-state index is 0.00163. The first kappa shape index (κ1) is 17.5. The Morgan fingerprint density at radius 2 is 2.00 bits per heavy atom. The topological polar surface area (TPSA) is 86.6 Å². The van der Waals surface area contributed by atoms with Crippen LogP contribution in [0.15, 0.2) is 24.3 Å². The van der Waals surface area contributed by atoms with Crippen molar-refractivity contribution in [1.29, 1.82) is 0 Å². The van der Waals surface area contributed by atoms with Crippen molar-refractivity contribution in [2.45, 2.75) is 32.3 Å². The van der Waals surface area contributed by atoms with Gasteiger partial charge >= 0.3 is 5.97 Å². The van der Waals surface area contributed by atoms with Gasteiger partial charge in [-0.05, 0) is 30.5 Å². The van der Waals surface area contributed by atoms with Gasteiger partial charge in [0.15, 0.2) is 5.60 Å². The number of benzene rings is 1. The summed E-state index contributed by atoms with van der Waals surface area (Å²) in [6, 6.07) is 6.98. The molecule has 0 heterocycles. The first-order valence-electron chi connectivity index (χ1n) is 6.64. The van der Waals surface area contributed by atoms with Crippen LogP contribution in [0.4, 0.5) is 0 Å². The second kappa shape index (κ2) is 6.91. The van der Waals surface area contributed by atoms with Crippen LogP contribution in [0.5, 0.6) is 0 Å². The molecule has 0 spiro atoms. The van der Waals surface area contributed by atoms with E-state index >= 15 is 0 Å². The third-order valence-electron chi connectivity index (χ3n) is 3.22. The smallest absolute Gasteiger partial charge is 0.337 e. The Morgan fingerprint density at radius 3 is 2.48 bits per heavy atom. The number of hydrogen-bond acceptors (Lipinski definition) is 3. The minimum Gasteiger partial charge on any atom is -0.479 e. The largest absolute Gasteiger partial charge is 0.479 e. The molecule has 6 heteroatoms. The SMILES string of the molecule is CC(C)C(C(=O)NCC(C)(O)C(=O)O)c1cccc(Cl)c1. The number of carboxylic acids is 1. The van der Waals surface area contributed by atoms with Crippen molar-refractivity contribution in [3.05, 3.63) is 34.9 Å². The summed E-state index contributed by atoms with van der Waals surface area (Å²) in [6.07, 6.45) is 0. The molecule has 0 saturated carbocycles. The molecule has 2 atom stereocenters. The summed E-state index contributed by atoms with van der Waals surface area (Å²) in [6.45, 7) is 4.56. The highest BCUT2D eigenvalue weighted by atomic mass is 35.5. The van der Waals surface area contributed by atoms with E-state index in [2.05, 4.69) is 5.32 Å². The number of halogens is 1. The maximum absolute atomic E-state index is 12.3. The van der Waals surface area contributed by atoms with Crippen molar-refractivity contribution < 1.29 is 19.8 Å². The number of carboxylic acid groups (broad SMARTS) is 1. The van der Waals surface area contributed by atoms with Crippen molar-refractivity contribution >= 4 is 23.5 Å². The lowest BCUT2D eigenvalue weighted by molar-refractivity contribution is -0.156. The Kier molecular flexibility index (Phi) is 5.75. The van der Waals surface area contributed by atoms with Crippen molar-refractivity contribution in [3.63, 3.8) is 0 Å². The Hall–Kier alpha value is -1.59. The van der Waals surface area contributed by atoms with Gasteiger partial charge in [-0.3, -0.25) is 4.79 Å². The molecule has 0 aromatic heterocycles. The van der Waals surface area contributed by atoms with Crippen LogP contribution in [-0.4, -0.2) is 34.2 Å². The Balaban J connectivity index is 2.87. The standard InChI is InChI=1S/C15H20ClNO4/c1-9(2)12(10-5-4-6-11(16)7-10)13(18)17-8-15(3,21)14(19)20/h4-7,9,12,21H,8H2,1-3H3,(H,17,18)(H,19,20). The number of nitrogens with one attached hydrogen (secondary N) is 1. The number of rotatable bonds is 6. The molecule has 2 unspecified atom stereocenters. The molecule has 0 radical (unpaired) electrons. The molecule has 1 aromatic rings. The summed E-state index contributed by atoms with van der Waals surface area (Å²) in [7, 11) is 0. The molecule has 1 aromatic carbocycles. The molecule has 0 aliphatic rings. The molecular weight excluding hydrogens is 294 g/mol. The number of amides is 1. The van der Waals surface area contributed by atoms with E-state index in [1.54, 1.807) is 24.3 Å². The number of carbonyl (C=O) groups excluding carboxylic acids is 1. The van der Waals surface area contributed by atoms with E-state index in [1.807, 2.05) is 13.8 Å². The molecule has 0 bridgehead atoms. The van der Waals surface area contributed by atoms with Gasteiger partial charge in [-0.2, -0.15) is 0 Å². The molecule has 5 nitrogen and oxygen atoms in total. The summed E-state index contributed by atoms with van der Waals surface area (Å²) >= 11 is 5.94. The lowest BCUT2D eigenvalue weighted by atomic mass is 9.87. The summed E-state index contributed by atoms with van der Waals surface area (Å²) in [5.41, 5.74) is -1.24. The highest BCUT2D eigenvalue weighted by Crippen LogP contribution is 2.26. The molecule has 1 amide bonds. The van der Waals surface area contributed by atoms with Crippen molar-refractivity contribution in [2.24, 2.45) is 5.92 Å². The Morgan fingerprint density at radius 1 is 1.38 bits per heavy atom. The Bertz CT molecular complexity index is 528. The number of aliphatic carboxylic acids is 1. The quantitative estimate of drug-likeness (QED) is 0.750. The van der Waals surface area contributed by atoms with E-state index in [1.165, 1.54) is 0 Å². The molecular formula is C15H20ClNO4. The first-order valence-corrected chi connectivity index (χ1v) is 7.02. The van der Waals surface area contributed by atoms with Crippen LogP contribution in [0, 0.1) is 5.92 Å².